The lowest BCUT2D eigenvalue weighted by Gasteiger charge is -2.09. The third-order valence-corrected chi connectivity index (χ3v) is 2.58. The molecule has 1 aromatic heterocycles. The highest BCUT2D eigenvalue weighted by Gasteiger charge is 2.17. The van der Waals surface area contributed by atoms with Gasteiger partial charge in [-0.2, -0.15) is 15.0 Å². The van der Waals surface area contributed by atoms with E-state index in [1.54, 1.807) is 12.3 Å². The van der Waals surface area contributed by atoms with Gasteiger partial charge in [-0.15, -0.1) is 0 Å². The molecule has 0 bridgehead atoms. The van der Waals surface area contributed by atoms with Crippen molar-refractivity contribution in [3.05, 3.63) is 29.7 Å². The molecule has 17 heavy (non-hydrogen) atoms. The lowest BCUT2D eigenvalue weighted by Crippen LogP contribution is -1.99. The lowest BCUT2D eigenvalue weighted by molar-refractivity contribution is 0.410. The van der Waals surface area contributed by atoms with E-state index in [4.69, 9.17) is 4.74 Å². The van der Waals surface area contributed by atoms with Crippen molar-refractivity contribution in [2.45, 2.75) is 20.4 Å². The summed E-state index contributed by atoms with van der Waals surface area (Å²) in [6, 6.07) is 3.10. The van der Waals surface area contributed by atoms with Gasteiger partial charge in [0.1, 0.15) is 17.3 Å². The van der Waals surface area contributed by atoms with Crippen molar-refractivity contribution in [2.75, 3.05) is 7.11 Å². The van der Waals surface area contributed by atoms with Crippen LogP contribution >= 0.6 is 0 Å². The first kappa shape index (κ1) is 11.6. The number of rotatable bonds is 3. The summed E-state index contributed by atoms with van der Waals surface area (Å²) >= 11 is 0. The molecule has 1 aromatic carbocycles. The second-order valence-corrected chi connectivity index (χ2v) is 3.69. The number of halogens is 1. The minimum atomic E-state index is -0.351. The third kappa shape index (κ3) is 2.00. The molecule has 5 heteroatoms. The van der Waals surface area contributed by atoms with E-state index in [9.17, 15) is 4.39 Å². The van der Waals surface area contributed by atoms with Gasteiger partial charge in [-0.3, -0.25) is 0 Å². The maximum absolute atomic E-state index is 13.9. The van der Waals surface area contributed by atoms with E-state index in [1.165, 1.54) is 18.0 Å². The topological polar surface area (TPSA) is 39.9 Å². The number of benzene rings is 1. The fourth-order valence-corrected chi connectivity index (χ4v) is 1.73. The molecular formula is C12H14FN3O. The maximum atomic E-state index is 13.9. The predicted octanol–water partition coefficient (Wildman–Crippen LogP) is 2.42. The Morgan fingerprint density at radius 1 is 1.41 bits per heavy atom. The molecule has 90 valence electrons. The first-order valence-corrected chi connectivity index (χ1v) is 5.41. The van der Waals surface area contributed by atoms with E-state index in [2.05, 4.69) is 10.2 Å². The molecule has 0 spiro atoms. The zero-order valence-corrected chi connectivity index (χ0v) is 10.1. The highest BCUT2D eigenvalue weighted by atomic mass is 19.1. The van der Waals surface area contributed by atoms with Crippen molar-refractivity contribution in [1.29, 1.82) is 0 Å². The number of aryl methyl sites for hydroxylation is 2. The van der Waals surface area contributed by atoms with Crippen molar-refractivity contribution < 1.29 is 9.13 Å². The van der Waals surface area contributed by atoms with Crippen LogP contribution in [0.15, 0.2) is 18.3 Å². The van der Waals surface area contributed by atoms with Crippen LogP contribution < -0.4 is 4.74 Å². The van der Waals surface area contributed by atoms with E-state index in [1.807, 2.05) is 13.8 Å². The largest absolute Gasteiger partial charge is 0.496 e. The van der Waals surface area contributed by atoms with E-state index >= 15 is 0 Å². The van der Waals surface area contributed by atoms with Gasteiger partial charge < -0.3 is 4.74 Å². The third-order valence-electron chi connectivity index (χ3n) is 2.58. The minimum absolute atomic E-state index is 0.351. The van der Waals surface area contributed by atoms with Crippen LogP contribution in [0.25, 0.3) is 11.3 Å². The second-order valence-electron chi connectivity index (χ2n) is 3.69. The van der Waals surface area contributed by atoms with Crippen LogP contribution in [0, 0.1) is 12.7 Å². The molecule has 2 aromatic rings. The molecule has 0 atom stereocenters. The number of hydrogen-bond donors (Lipinski definition) is 0. The van der Waals surface area contributed by atoms with Crippen LogP contribution in [0.5, 0.6) is 5.75 Å². The van der Waals surface area contributed by atoms with Crippen LogP contribution in [-0.2, 0) is 6.54 Å². The standard InChI is InChI=1S/C12H14FN3O/c1-4-16-14-7-10(15-16)11-9(13)6-5-8(2)12(11)17-3/h5-7H,4H2,1-3H3. The summed E-state index contributed by atoms with van der Waals surface area (Å²) in [5.41, 5.74) is 1.73. The van der Waals surface area contributed by atoms with E-state index in [-0.39, 0.29) is 5.82 Å². The van der Waals surface area contributed by atoms with Crippen molar-refractivity contribution >= 4 is 0 Å². The normalized spacial score (nSPS) is 10.6. The quantitative estimate of drug-likeness (QED) is 0.820. The second kappa shape index (κ2) is 4.53. The number of ether oxygens (including phenoxy) is 1. The summed E-state index contributed by atoms with van der Waals surface area (Å²) in [5.74, 6) is 0.156. The van der Waals surface area contributed by atoms with Crippen LogP contribution in [0.1, 0.15) is 12.5 Å². The van der Waals surface area contributed by atoms with E-state index in [0.29, 0.717) is 23.6 Å². The molecule has 0 aliphatic heterocycles. The molecule has 0 amide bonds. The van der Waals surface area contributed by atoms with Crippen LogP contribution in [-0.4, -0.2) is 22.1 Å². The summed E-state index contributed by atoms with van der Waals surface area (Å²) in [7, 11) is 1.52. The van der Waals surface area contributed by atoms with Crippen molar-refractivity contribution in [1.82, 2.24) is 15.0 Å². The summed E-state index contributed by atoms with van der Waals surface area (Å²) < 4.78 is 19.1. The molecule has 2 rings (SSSR count). The lowest BCUT2D eigenvalue weighted by atomic mass is 10.1. The molecule has 0 saturated carbocycles. The Bertz CT molecular complexity index is 537. The monoisotopic (exact) mass is 235 g/mol. The number of aromatic nitrogens is 3. The molecule has 0 fully saturated rings. The Morgan fingerprint density at radius 3 is 2.76 bits per heavy atom. The van der Waals surface area contributed by atoms with Gasteiger partial charge in [-0.05, 0) is 25.5 Å². The van der Waals surface area contributed by atoms with Crippen LogP contribution in [0.4, 0.5) is 4.39 Å². The number of nitrogens with zero attached hydrogens (tertiary/aromatic N) is 3. The molecule has 0 radical (unpaired) electrons. The summed E-state index contributed by atoms with van der Waals surface area (Å²) in [6.45, 7) is 4.44. The smallest absolute Gasteiger partial charge is 0.136 e. The molecule has 0 unspecified atom stereocenters. The fourth-order valence-electron chi connectivity index (χ4n) is 1.73. The van der Waals surface area contributed by atoms with E-state index in [0.717, 1.165) is 5.56 Å². The van der Waals surface area contributed by atoms with Gasteiger partial charge in [0, 0.05) is 0 Å². The van der Waals surface area contributed by atoms with Gasteiger partial charge in [0.25, 0.3) is 0 Å². The minimum Gasteiger partial charge on any atom is -0.496 e. The molecule has 0 aliphatic rings. The Kier molecular flexibility index (Phi) is 3.08. The SMILES string of the molecule is CCn1ncc(-c2c(F)ccc(C)c2OC)n1. The fraction of sp³-hybridized carbons (Fsp3) is 0.333. The van der Waals surface area contributed by atoms with Gasteiger partial charge in [0.15, 0.2) is 0 Å². The first-order chi connectivity index (χ1) is 8.17. The molecule has 4 nitrogen and oxygen atoms in total. The average molecular weight is 235 g/mol. The molecular weight excluding hydrogens is 221 g/mol. The van der Waals surface area contributed by atoms with Gasteiger partial charge in [-0.25, -0.2) is 4.39 Å². The van der Waals surface area contributed by atoms with Crippen molar-refractivity contribution in [3.63, 3.8) is 0 Å². The Hall–Kier alpha value is -1.91. The van der Waals surface area contributed by atoms with Crippen molar-refractivity contribution in [3.8, 4) is 17.0 Å². The van der Waals surface area contributed by atoms with Gasteiger partial charge in [0.05, 0.1) is 25.4 Å². The molecule has 0 saturated heterocycles. The molecule has 1 heterocycles. The summed E-state index contributed by atoms with van der Waals surface area (Å²) in [5, 5.41) is 8.24. The Morgan fingerprint density at radius 2 is 2.18 bits per heavy atom. The highest BCUT2D eigenvalue weighted by molar-refractivity contribution is 5.69. The van der Waals surface area contributed by atoms with Gasteiger partial charge in [-0.1, -0.05) is 6.07 Å². The summed E-state index contributed by atoms with van der Waals surface area (Å²) in [4.78, 5) is 1.51. The Labute approximate surface area is 99.0 Å². The average Bonchev–Trinajstić information content (AvgIpc) is 2.80. The predicted molar refractivity (Wildman–Crippen MR) is 62.4 cm³/mol. The first-order valence-electron chi connectivity index (χ1n) is 5.41. The molecule has 0 N–H and O–H groups in total. The van der Waals surface area contributed by atoms with Crippen molar-refractivity contribution in [2.24, 2.45) is 0 Å². The number of methoxy groups -OCH3 is 1. The Balaban J connectivity index is 2.60. The van der Waals surface area contributed by atoms with Crippen LogP contribution in [0.3, 0.4) is 0 Å². The highest BCUT2D eigenvalue weighted by Crippen LogP contribution is 2.33. The van der Waals surface area contributed by atoms with Gasteiger partial charge >= 0.3 is 0 Å². The summed E-state index contributed by atoms with van der Waals surface area (Å²) in [6.07, 6.45) is 1.55. The number of hydrogen-bond acceptors (Lipinski definition) is 3. The van der Waals surface area contributed by atoms with Gasteiger partial charge in [0.2, 0.25) is 0 Å². The zero-order valence-electron chi connectivity index (χ0n) is 10.1. The van der Waals surface area contributed by atoms with E-state index < -0.39 is 0 Å². The maximum Gasteiger partial charge on any atom is 0.136 e. The van der Waals surface area contributed by atoms with Crippen LogP contribution in [0.2, 0.25) is 0 Å². The molecule has 0 aliphatic carbocycles. The zero-order chi connectivity index (χ0) is 12.4.